The number of allylic oxidation sites excluding steroid dienone is 1. The van der Waals surface area contributed by atoms with E-state index in [-0.39, 0.29) is 0 Å². The Bertz CT molecular complexity index is 448. The molecule has 0 amide bonds. The van der Waals surface area contributed by atoms with Crippen LogP contribution >= 0.6 is 11.8 Å². The topological polar surface area (TPSA) is 23.5 Å². The van der Waals surface area contributed by atoms with Crippen LogP contribution in [0.4, 0.5) is 0 Å². The number of nitrogens with zero attached hydrogens (tertiary/aromatic N) is 1. The Morgan fingerprint density at radius 3 is 2.74 bits per heavy atom. The minimum Gasteiger partial charge on any atom is -0.396 e. The minimum atomic E-state index is 0.313. The van der Waals surface area contributed by atoms with Crippen LogP contribution in [-0.4, -0.2) is 40.7 Å². The molecule has 0 aromatic heterocycles. The lowest BCUT2D eigenvalue weighted by molar-refractivity contribution is 0.289. The van der Waals surface area contributed by atoms with Gasteiger partial charge in [-0.05, 0) is 49.8 Å². The zero-order valence-corrected chi connectivity index (χ0v) is 15.1. The number of aryl methyl sites for hydroxylation is 1. The van der Waals surface area contributed by atoms with Gasteiger partial charge in [-0.2, -0.15) is 11.8 Å². The van der Waals surface area contributed by atoms with Crippen molar-refractivity contribution in [2.24, 2.45) is 0 Å². The summed E-state index contributed by atoms with van der Waals surface area (Å²) in [5.74, 6) is 2.22. The molecule has 1 aliphatic heterocycles. The van der Waals surface area contributed by atoms with E-state index in [9.17, 15) is 0 Å². The van der Waals surface area contributed by atoms with Crippen molar-refractivity contribution in [1.82, 2.24) is 4.90 Å². The molecule has 1 saturated heterocycles. The molecule has 128 valence electrons. The largest absolute Gasteiger partial charge is 0.396 e. The number of rotatable bonds is 11. The lowest BCUT2D eigenvalue weighted by Gasteiger charge is -2.27. The Labute approximate surface area is 146 Å². The summed E-state index contributed by atoms with van der Waals surface area (Å²) in [6.07, 6.45) is 8.45. The van der Waals surface area contributed by atoms with Gasteiger partial charge >= 0.3 is 0 Å². The molecule has 1 atom stereocenters. The molecule has 0 spiro atoms. The van der Waals surface area contributed by atoms with E-state index in [1.807, 2.05) is 11.8 Å². The number of aliphatic hydroxyl groups excluding tert-OH is 1. The van der Waals surface area contributed by atoms with Crippen LogP contribution in [0.3, 0.4) is 0 Å². The van der Waals surface area contributed by atoms with Crippen LogP contribution in [0.1, 0.15) is 44.1 Å². The second kappa shape index (κ2) is 10.8. The van der Waals surface area contributed by atoms with Gasteiger partial charge in [-0.1, -0.05) is 43.3 Å². The molecule has 1 aliphatic rings. The number of benzene rings is 1. The monoisotopic (exact) mass is 333 g/mol. The number of thioether (sulfide) groups is 1. The lowest BCUT2D eigenvalue weighted by Crippen LogP contribution is -2.30. The SMILES string of the molecule is C=C1CCC(CCCCc2ccccc2)N1CCSCCCO. The van der Waals surface area contributed by atoms with E-state index in [4.69, 9.17) is 5.11 Å². The van der Waals surface area contributed by atoms with E-state index in [2.05, 4.69) is 41.8 Å². The van der Waals surface area contributed by atoms with Crippen molar-refractivity contribution in [2.45, 2.75) is 51.0 Å². The molecule has 0 aliphatic carbocycles. The number of hydrogen-bond donors (Lipinski definition) is 1. The first-order valence-electron chi connectivity index (χ1n) is 8.98. The van der Waals surface area contributed by atoms with Crippen molar-refractivity contribution < 1.29 is 5.11 Å². The average molecular weight is 334 g/mol. The van der Waals surface area contributed by atoms with Crippen molar-refractivity contribution in [3.8, 4) is 0 Å². The highest BCUT2D eigenvalue weighted by molar-refractivity contribution is 7.99. The van der Waals surface area contributed by atoms with Gasteiger partial charge in [0.05, 0.1) is 0 Å². The molecule has 2 nitrogen and oxygen atoms in total. The molecule has 0 bridgehead atoms. The molecule has 2 rings (SSSR count). The summed E-state index contributed by atoms with van der Waals surface area (Å²) in [6.45, 7) is 5.69. The summed E-state index contributed by atoms with van der Waals surface area (Å²) in [5.41, 5.74) is 2.79. The van der Waals surface area contributed by atoms with Gasteiger partial charge in [-0.15, -0.1) is 0 Å². The highest BCUT2D eigenvalue weighted by atomic mass is 32.2. The smallest absolute Gasteiger partial charge is 0.0438 e. The number of hydrogen-bond acceptors (Lipinski definition) is 3. The van der Waals surface area contributed by atoms with Crippen LogP contribution in [-0.2, 0) is 6.42 Å². The maximum atomic E-state index is 8.83. The first-order valence-corrected chi connectivity index (χ1v) is 10.1. The van der Waals surface area contributed by atoms with Crippen LogP contribution in [0.5, 0.6) is 0 Å². The van der Waals surface area contributed by atoms with Gasteiger partial charge in [0.15, 0.2) is 0 Å². The lowest BCUT2D eigenvalue weighted by atomic mass is 10.0. The third kappa shape index (κ3) is 6.60. The number of likely N-dealkylation sites (tertiary alicyclic amines) is 1. The van der Waals surface area contributed by atoms with Gasteiger partial charge in [0.2, 0.25) is 0 Å². The van der Waals surface area contributed by atoms with Crippen LogP contribution in [0.25, 0.3) is 0 Å². The molecule has 1 heterocycles. The fraction of sp³-hybridized carbons (Fsp3) is 0.600. The predicted molar refractivity (Wildman–Crippen MR) is 102 cm³/mol. The fourth-order valence-corrected chi connectivity index (χ4v) is 4.18. The molecule has 1 N–H and O–H groups in total. The van der Waals surface area contributed by atoms with Crippen molar-refractivity contribution >= 4 is 11.8 Å². The van der Waals surface area contributed by atoms with E-state index in [0.29, 0.717) is 12.6 Å². The van der Waals surface area contributed by atoms with Crippen LogP contribution < -0.4 is 0 Å². The van der Waals surface area contributed by atoms with Crippen molar-refractivity contribution in [3.05, 3.63) is 48.2 Å². The van der Waals surface area contributed by atoms with Crippen LogP contribution in [0.2, 0.25) is 0 Å². The summed E-state index contributed by atoms with van der Waals surface area (Å²) in [5, 5.41) is 8.83. The number of aliphatic hydroxyl groups is 1. The third-order valence-electron chi connectivity index (χ3n) is 4.63. The molecular formula is C20H31NOS. The number of unbranched alkanes of at least 4 members (excludes halogenated alkanes) is 1. The average Bonchev–Trinajstić information content (AvgIpc) is 2.93. The van der Waals surface area contributed by atoms with E-state index in [1.54, 1.807) is 0 Å². The zero-order valence-electron chi connectivity index (χ0n) is 14.3. The Kier molecular flexibility index (Phi) is 8.62. The van der Waals surface area contributed by atoms with Crippen LogP contribution in [0, 0.1) is 0 Å². The van der Waals surface area contributed by atoms with Gasteiger partial charge in [0.25, 0.3) is 0 Å². The van der Waals surface area contributed by atoms with E-state index in [1.165, 1.54) is 49.8 Å². The molecular weight excluding hydrogens is 302 g/mol. The van der Waals surface area contributed by atoms with Gasteiger partial charge in [0.1, 0.15) is 0 Å². The standard InChI is InChI=1S/C20H31NOS/c1-18-12-13-20(21(18)14-17-23-16-7-15-22)11-6-5-10-19-8-3-2-4-9-19/h2-4,8-9,20,22H,1,5-7,10-17H2. The van der Waals surface area contributed by atoms with Crippen LogP contribution in [0.15, 0.2) is 42.6 Å². The maximum Gasteiger partial charge on any atom is 0.0438 e. The summed E-state index contributed by atoms with van der Waals surface area (Å²) in [4.78, 5) is 2.55. The Hall–Kier alpha value is -0.930. The second-order valence-corrected chi connectivity index (χ2v) is 7.60. The van der Waals surface area contributed by atoms with E-state index in [0.717, 1.165) is 24.5 Å². The highest BCUT2D eigenvalue weighted by Gasteiger charge is 2.25. The predicted octanol–water partition coefficient (Wildman–Crippen LogP) is 4.49. The molecule has 1 aromatic carbocycles. The molecule has 0 radical (unpaired) electrons. The fourth-order valence-electron chi connectivity index (χ4n) is 3.32. The Morgan fingerprint density at radius 1 is 1.13 bits per heavy atom. The molecule has 3 heteroatoms. The summed E-state index contributed by atoms with van der Waals surface area (Å²) < 4.78 is 0. The molecule has 1 fully saturated rings. The van der Waals surface area contributed by atoms with Gasteiger partial charge in [-0.3, -0.25) is 0 Å². The van der Waals surface area contributed by atoms with Gasteiger partial charge < -0.3 is 10.0 Å². The van der Waals surface area contributed by atoms with Crippen molar-refractivity contribution in [3.63, 3.8) is 0 Å². The van der Waals surface area contributed by atoms with E-state index >= 15 is 0 Å². The molecule has 0 saturated carbocycles. The second-order valence-electron chi connectivity index (χ2n) is 6.37. The third-order valence-corrected chi connectivity index (χ3v) is 5.68. The molecule has 1 aromatic rings. The highest BCUT2D eigenvalue weighted by Crippen LogP contribution is 2.29. The summed E-state index contributed by atoms with van der Waals surface area (Å²) >= 11 is 1.95. The quantitative estimate of drug-likeness (QED) is 0.603. The normalized spacial score (nSPS) is 17.9. The van der Waals surface area contributed by atoms with Crippen molar-refractivity contribution in [1.29, 1.82) is 0 Å². The zero-order chi connectivity index (χ0) is 16.3. The van der Waals surface area contributed by atoms with Gasteiger partial charge in [0, 0.05) is 30.6 Å². The minimum absolute atomic E-state index is 0.313. The Morgan fingerprint density at radius 2 is 1.96 bits per heavy atom. The van der Waals surface area contributed by atoms with E-state index < -0.39 is 0 Å². The summed E-state index contributed by atoms with van der Waals surface area (Å²) in [6, 6.07) is 11.5. The first kappa shape index (κ1) is 18.4. The van der Waals surface area contributed by atoms with Crippen molar-refractivity contribution in [2.75, 3.05) is 24.7 Å². The summed E-state index contributed by atoms with van der Waals surface area (Å²) in [7, 11) is 0. The molecule has 23 heavy (non-hydrogen) atoms. The maximum absolute atomic E-state index is 8.83. The first-order chi connectivity index (χ1) is 11.3. The Balaban J connectivity index is 1.63. The molecule has 1 unspecified atom stereocenters. The van der Waals surface area contributed by atoms with Gasteiger partial charge in [-0.25, -0.2) is 0 Å².